The number of imide groups is 1. The van der Waals surface area contributed by atoms with E-state index >= 15 is 0 Å². The van der Waals surface area contributed by atoms with Crippen molar-refractivity contribution in [3.8, 4) is 22.4 Å². The van der Waals surface area contributed by atoms with Gasteiger partial charge < -0.3 is 20.0 Å². The molecule has 4 amide bonds. The number of piperidine rings is 3. The zero-order valence-electron chi connectivity index (χ0n) is 34.2. The van der Waals surface area contributed by atoms with Gasteiger partial charge in [0.15, 0.2) is 0 Å². The number of rotatable bonds is 10. The molecule has 4 fully saturated rings. The minimum absolute atomic E-state index is 0.0128. The molecule has 312 valence electrons. The summed E-state index contributed by atoms with van der Waals surface area (Å²) in [5.41, 5.74) is 6.80. The molecule has 0 radical (unpaired) electrons. The highest BCUT2D eigenvalue weighted by atomic mass is 35.5. The van der Waals surface area contributed by atoms with Crippen LogP contribution < -0.4 is 10.6 Å². The van der Waals surface area contributed by atoms with Gasteiger partial charge in [0.25, 0.3) is 5.91 Å². The molecule has 2 N–H and O–H groups in total. The molecule has 60 heavy (non-hydrogen) atoms. The first-order valence-electron chi connectivity index (χ1n) is 22.0. The molecule has 3 aromatic carbocycles. The van der Waals surface area contributed by atoms with Crippen LogP contribution in [0, 0.1) is 11.8 Å². The topological polar surface area (TPSA) is 128 Å². The molecule has 5 heterocycles. The van der Waals surface area contributed by atoms with E-state index < -0.39 is 6.04 Å². The molecule has 1 saturated carbocycles. The number of nitrogens with one attached hydrogen (secondary N) is 2. The van der Waals surface area contributed by atoms with E-state index in [-0.39, 0.29) is 36.1 Å². The number of fused-ring (bicyclic) bond motifs is 1. The lowest BCUT2D eigenvalue weighted by Crippen LogP contribution is -2.52. The minimum atomic E-state index is -0.586. The van der Waals surface area contributed by atoms with Crippen molar-refractivity contribution >= 4 is 41.2 Å². The number of hydrogen-bond acceptors (Lipinski definition) is 8. The predicted octanol–water partition coefficient (Wildman–Crippen LogP) is 7.70. The fourth-order valence-electron chi connectivity index (χ4n) is 10.2. The maximum Gasteiger partial charge on any atom is 0.255 e. The first-order chi connectivity index (χ1) is 29.3. The van der Waals surface area contributed by atoms with Gasteiger partial charge in [-0.25, -0.2) is 9.97 Å². The number of carbonyl (C=O) groups is 4. The number of anilines is 1. The van der Waals surface area contributed by atoms with Gasteiger partial charge in [-0.2, -0.15) is 0 Å². The Morgan fingerprint density at radius 1 is 0.833 bits per heavy atom. The van der Waals surface area contributed by atoms with E-state index in [0.717, 1.165) is 106 Å². The van der Waals surface area contributed by atoms with Gasteiger partial charge in [0, 0.05) is 49.1 Å². The third kappa shape index (κ3) is 8.84. The Hall–Kier alpha value is -5.13. The normalized spacial score (nSPS) is 23.1. The molecule has 12 heteroatoms. The van der Waals surface area contributed by atoms with E-state index in [0.29, 0.717) is 52.9 Å². The summed E-state index contributed by atoms with van der Waals surface area (Å²) < 4.78 is 0. The smallest absolute Gasteiger partial charge is 0.255 e. The van der Waals surface area contributed by atoms with Gasteiger partial charge in [0.05, 0.1) is 16.9 Å². The van der Waals surface area contributed by atoms with Crippen LogP contribution in [0.1, 0.15) is 98.0 Å². The quantitative estimate of drug-likeness (QED) is 0.156. The summed E-state index contributed by atoms with van der Waals surface area (Å²) in [5.74, 6) is 1.19. The molecule has 11 nitrogen and oxygen atoms in total. The van der Waals surface area contributed by atoms with Crippen molar-refractivity contribution in [2.75, 3.05) is 38.0 Å². The Labute approximate surface area is 357 Å². The highest BCUT2D eigenvalue weighted by Gasteiger charge is 2.39. The third-order valence-corrected chi connectivity index (χ3v) is 14.0. The van der Waals surface area contributed by atoms with Crippen molar-refractivity contribution in [2.24, 2.45) is 11.8 Å². The van der Waals surface area contributed by atoms with Gasteiger partial charge in [-0.05, 0) is 124 Å². The van der Waals surface area contributed by atoms with Crippen molar-refractivity contribution in [1.29, 1.82) is 0 Å². The van der Waals surface area contributed by atoms with Crippen LogP contribution in [0.4, 0.5) is 5.95 Å². The molecule has 0 spiro atoms. The van der Waals surface area contributed by atoms with E-state index in [1.54, 1.807) is 11.1 Å². The van der Waals surface area contributed by atoms with E-state index in [1.165, 1.54) is 12.0 Å². The van der Waals surface area contributed by atoms with E-state index in [9.17, 15) is 19.2 Å². The van der Waals surface area contributed by atoms with Crippen molar-refractivity contribution in [3.05, 3.63) is 101 Å². The third-order valence-electron chi connectivity index (χ3n) is 13.7. The molecule has 0 bridgehead atoms. The van der Waals surface area contributed by atoms with Crippen molar-refractivity contribution in [3.63, 3.8) is 0 Å². The molecule has 1 aromatic heterocycles. The fraction of sp³-hybridized carbons (Fsp3) is 0.458. The van der Waals surface area contributed by atoms with Gasteiger partial charge >= 0.3 is 0 Å². The predicted molar refractivity (Wildman–Crippen MR) is 232 cm³/mol. The lowest BCUT2D eigenvalue weighted by atomic mass is 9.84. The Kier molecular flexibility index (Phi) is 12.0. The summed E-state index contributed by atoms with van der Waals surface area (Å²) in [6.45, 7) is 5.31. The maximum absolute atomic E-state index is 13.8. The number of amides is 4. The summed E-state index contributed by atoms with van der Waals surface area (Å²) in [5, 5.41) is 6.45. The molecule has 1 aliphatic carbocycles. The molecule has 5 aliphatic rings. The summed E-state index contributed by atoms with van der Waals surface area (Å²) in [7, 11) is 0. The van der Waals surface area contributed by atoms with Gasteiger partial charge in [0.2, 0.25) is 23.7 Å². The molecular weight excluding hydrogens is 774 g/mol. The number of halogens is 1. The second-order valence-electron chi connectivity index (χ2n) is 17.5. The Balaban J connectivity index is 0.713. The van der Waals surface area contributed by atoms with Gasteiger partial charge in [-0.1, -0.05) is 78.7 Å². The van der Waals surface area contributed by atoms with Crippen LogP contribution in [-0.2, 0) is 20.9 Å². The maximum atomic E-state index is 13.8. The zero-order chi connectivity index (χ0) is 41.2. The van der Waals surface area contributed by atoms with Crippen LogP contribution in [0.25, 0.3) is 22.4 Å². The van der Waals surface area contributed by atoms with Crippen LogP contribution >= 0.6 is 11.6 Å². The summed E-state index contributed by atoms with van der Waals surface area (Å²) >= 11 is 6.63. The first-order valence-corrected chi connectivity index (χ1v) is 22.4. The monoisotopic (exact) mass is 827 g/mol. The average molecular weight is 828 g/mol. The molecule has 3 atom stereocenters. The fourth-order valence-corrected chi connectivity index (χ4v) is 10.4. The Morgan fingerprint density at radius 3 is 2.42 bits per heavy atom. The second kappa shape index (κ2) is 17.8. The van der Waals surface area contributed by atoms with Gasteiger partial charge in [-0.15, -0.1) is 0 Å². The van der Waals surface area contributed by atoms with Crippen LogP contribution in [0.15, 0.2) is 79.0 Å². The van der Waals surface area contributed by atoms with Crippen molar-refractivity contribution in [1.82, 2.24) is 30.0 Å². The number of benzene rings is 3. The molecular formula is C48H54ClN7O4. The van der Waals surface area contributed by atoms with Crippen molar-refractivity contribution < 1.29 is 19.2 Å². The highest BCUT2D eigenvalue weighted by Crippen LogP contribution is 2.36. The molecule has 4 aliphatic heterocycles. The largest absolute Gasteiger partial charge is 0.351 e. The van der Waals surface area contributed by atoms with Crippen LogP contribution in [0.3, 0.4) is 0 Å². The molecule has 4 aromatic rings. The minimum Gasteiger partial charge on any atom is -0.351 e. The number of carbonyl (C=O) groups excluding carboxylic acids is 4. The molecule has 3 unspecified atom stereocenters. The standard InChI is InChI=1S/C48H54ClN7O4/c49-41-29-50-48(53-44(41)36-9-4-8-34(26-36)32-6-2-1-3-7-32)51-39-11-5-10-37(28-39)46(59)55-24-17-31(18-25-55)16-21-54-22-19-33(20-23-54)35-12-13-40-38(27-35)30-56(47(40)60)42-14-15-43(57)52-45(42)58/h1-4,6-9,12-13,26-27,29,31,33,37,39,42H,5,10-11,14-25,28,30H2,(H,50,51,53)(H,52,57,58). The molecule has 3 saturated heterocycles. The van der Waals surface area contributed by atoms with Gasteiger partial charge in [0.1, 0.15) is 6.04 Å². The summed E-state index contributed by atoms with van der Waals surface area (Å²) in [4.78, 5) is 66.8. The average Bonchev–Trinajstić information content (AvgIpc) is 3.61. The van der Waals surface area contributed by atoms with Gasteiger partial charge in [-0.3, -0.25) is 24.5 Å². The van der Waals surface area contributed by atoms with E-state index in [1.807, 2.05) is 36.4 Å². The highest BCUT2D eigenvalue weighted by molar-refractivity contribution is 6.33. The molecule has 9 rings (SSSR count). The lowest BCUT2D eigenvalue weighted by Gasteiger charge is -2.38. The number of hydrogen-bond donors (Lipinski definition) is 2. The SMILES string of the molecule is O=C1CCC(N2Cc3cc(C4CCN(CCC5CCN(C(=O)C6CCCC(Nc7ncc(Cl)c(-c8cccc(-c9ccccc9)c8)n7)C6)CC5)CC4)ccc3C2=O)C(=O)N1. The lowest BCUT2D eigenvalue weighted by molar-refractivity contribution is -0.138. The van der Waals surface area contributed by atoms with Crippen molar-refractivity contribution in [2.45, 2.75) is 95.2 Å². The van der Waals surface area contributed by atoms with E-state index in [4.69, 9.17) is 16.6 Å². The van der Waals surface area contributed by atoms with Crippen LogP contribution in [-0.4, -0.2) is 93.1 Å². The number of likely N-dealkylation sites (tertiary alicyclic amines) is 2. The van der Waals surface area contributed by atoms with Crippen LogP contribution in [0.2, 0.25) is 5.02 Å². The first kappa shape index (κ1) is 40.3. The summed E-state index contributed by atoms with van der Waals surface area (Å²) in [6.07, 6.45) is 11.5. The summed E-state index contributed by atoms with van der Waals surface area (Å²) in [6, 6.07) is 24.3. The number of nitrogens with zero attached hydrogens (tertiary/aromatic N) is 5. The Morgan fingerprint density at radius 2 is 1.62 bits per heavy atom. The van der Waals surface area contributed by atoms with E-state index in [2.05, 4.69) is 61.8 Å². The number of aromatic nitrogens is 2. The second-order valence-corrected chi connectivity index (χ2v) is 17.9. The Bertz CT molecular complexity index is 2240. The zero-order valence-corrected chi connectivity index (χ0v) is 34.9. The van der Waals surface area contributed by atoms with Crippen LogP contribution in [0.5, 0.6) is 0 Å².